The van der Waals surface area contributed by atoms with Crippen molar-refractivity contribution >= 4 is 27.4 Å². The van der Waals surface area contributed by atoms with Gasteiger partial charge in [0, 0.05) is 37.9 Å². The fourth-order valence-electron chi connectivity index (χ4n) is 2.73. The van der Waals surface area contributed by atoms with Crippen LogP contribution in [0.4, 0.5) is 5.82 Å². The molecule has 1 aliphatic rings. The second-order valence-corrected chi connectivity index (χ2v) is 6.15. The predicted octanol–water partition coefficient (Wildman–Crippen LogP) is 2.33. The van der Waals surface area contributed by atoms with Crippen LogP contribution < -0.4 is 4.90 Å². The number of thiophene rings is 1. The van der Waals surface area contributed by atoms with E-state index in [-0.39, 0.29) is 0 Å². The van der Waals surface area contributed by atoms with Crippen LogP contribution >= 0.6 is 11.3 Å². The zero-order valence-corrected chi connectivity index (χ0v) is 12.0. The molecule has 0 aromatic carbocycles. The fraction of sp³-hybridized carbons (Fsp3) is 0.357. The van der Waals surface area contributed by atoms with E-state index in [0.29, 0.717) is 5.92 Å². The van der Waals surface area contributed by atoms with E-state index in [4.69, 9.17) is 0 Å². The van der Waals surface area contributed by atoms with Crippen molar-refractivity contribution in [3.63, 3.8) is 0 Å². The summed E-state index contributed by atoms with van der Waals surface area (Å²) in [7, 11) is 0. The Labute approximate surface area is 120 Å². The Hall–Kier alpha value is -1.95. The summed E-state index contributed by atoms with van der Waals surface area (Å²) in [4.78, 5) is 15.4. The molecule has 20 heavy (non-hydrogen) atoms. The average molecular weight is 285 g/mol. The lowest BCUT2D eigenvalue weighted by Gasteiger charge is -2.40. The maximum atomic E-state index is 4.46. The minimum Gasteiger partial charge on any atom is -0.354 e. The third-order valence-corrected chi connectivity index (χ3v) is 4.76. The third kappa shape index (κ3) is 1.87. The first-order chi connectivity index (χ1) is 9.81. The van der Waals surface area contributed by atoms with Crippen LogP contribution in [-0.2, 0) is 6.54 Å². The van der Waals surface area contributed by atoms with Crippen molar-refractivity contribution in [3.8, 4) is 0 Å². The number of aromatic nitrogens is 4. The van der Waals surface area contributed by atoms with Crippen molar-refractivity contribution in [2.24, 2.45) is 5.92 Å². The number of aryl methyl sites for hydroxylation is 1. The zero-order valence-electron chi connectivity index (χ0n) is 11.2. The van der Waals surface area contributed by atoms with Gasteiger partial charge in [-0.15, -0.1) is 11.3 Å². The van der Waals surface area contributed by atoms with Gasteiger partial charge in [0.2, 0.25) is 0 Å². The van der Waals surface area contributed by atoms with E-state index in [2.05, 4.69) is 49.0 Å². The van der Waals surface area contributed by atoms with E-state index >= 15 is 0 Å². The van der Waals surface area contributed by atoms with Crippen molar-refractivity contribution < 1.29 is 0 Å². The molecule has 0 unspecified atom stereocenters. The van der Waals surface area contributed by atoms with Gasteiger partial charge in [-0.3, -0.25) is 0 Å². The lowest BCUT2D eigenvalue weighted by Crippen LogP contribution is -2.49. The van der Waals surface area contributed by atoms with Crippen LogP contribution in [-0.4, -0.2) is 32.6 Å². The number of rotatable bonds is 3. The van der Waals surface area contributed by atoms with Crippen LogP contribution in [0, 0.1) is 12.8 Å². The molecule has 0 amide bonds. The molecule has 0 radical (unpaired) electrons. The average Bonchev–Trinajstić information content (AvgIpc) is 3.02. The van der Waals surface area contributed by atoms with Gasteiger partial charge < -0.3 is 9.47 Å². The Morgan fingerprint density at radius 1 is 1.30 bits per heavy atom. The van der Waals surface area contributed by atoms with E-state index < -0.39 is 0 Å². The van der Waals surface area contributed by atoms with Gasteiger partial charge in [0.25, 0.3) is 0 Å². The smallest absolute Gasteiger partial charge is 0.150 e. The summed E-state index contributed by atoms with van der Waals surface area (Å²) >= 11 is 1.72. The zero-order chi connectivity index (χ0) is 13.5. The Balaban J connectivity index is 1.49. The van der Waals surface area contributed by atoms with E-state index in [1.807, 2.05) is 6.20 Å². The highest BCUT2D eigenvalue weighted by Crippen LogP contribution is 2.32. The van der Waals surface area contributed by atoms with Gasteiger partial charge in [-0.2, -0.15) is 0 Å². The highest BCUT2D eigenvalue weighted by atomic mass is 32.1. The first kappa shape index (κ1) is 11.8. The number of fused-ring (bicyclic) bond motifs is 1. The number of hydrogen-bond donors (Lipinski definition) is 0. The Bertz CT molecular complexity index is 741. The van der Waals surface area contributed by atoms with Gasteiger partial charge in [0.15, 0.2) is 0 Å². The standard InChI is InChI=1S/C14H15N5S/c1-10-15-3-4-18(10)6-11-7-19(8-11)14-13-12(2-5-20-13)16-9-17-14/h2-5,9,11H,6-8H2,1H3. The quantitative estimate of drug-likeness (QED) is 0.741. The second kappa shape index (κ2) is 4.56. The normalized spacial score (nSPS) is 15.8. The van der Waals surface area contributed by atoms with Crippen molar-refractivity contribution in [2.75, 3.05) is 18.0 Å². The summed E-state index contributed by atoms with van der Waals surface area (Å²) in [5, 5.41) is 2.08. The highest BCUT2D eigenvalue weighted by molar-refractivity contribution is 7.17. The molecule has 0 N–H and O–H groups in total. The van der Waals surface area contributed by atoms with E-state index in [0.717, 1.165) is 36.8 Å². The Kier molecular flexibility index (Phi) is 2.70. The van der Waals surface area contributed by atoms with E-state index in [1.54, 1.807) is 17.7 Å². The van der Waals surface area contributed by atoms with E-state index in [1.165, 1.54) is 4.70 Å². The maximum absolute atomic E-state index is 4.46. The summed E-state index contributed by atoms with van der Waals surface area (Å²) in [6.45, 7) is 5.21. The lowest BCUT2D eigenvalue weighted by atomic mass is 10.00. The topological polar surface area (TPSA) is 46.8 Å². The summed E-state index contributed by atoms with van der Waals surface area (Å²) < 4.78 is 3.42. The molecule has 3 aromatic rings. The molecule has 3 aromatic heterocycles. The van der Waals surface area contributed by atoms with Gasteiger partial charge in [0.05, 0.1) is 10.2 Å². The molecule has 1 aliphatic heterocycles. The molecule has 6 heteroatoms. The summed E-state index contributed by atoms with van der Waals surface area (Å²) in [6, 6.07) is 2.05. The van der Waals surface area contributed by atoms with Gasteiger partial charge in [-0.05, 0) is 18.4 Å². The molecule has 0 spiro atoms. The maximum Gasteiger partial charge on any atom is 0.150 e. The van der Waals surface area contributed by atoms with Crippen LogP contribution in [0.5, 0.6) is 0 Å². The van der Waals surface area contributed by atoms with Gasteiger partial charge in [0.1, 0.15) is 18.0 Å². The molecular formula is C14H15N5S. The predicted molar refractivity (Wildman–Crippen MR) is 80.1 cm³/mol. The molecule has 4 heterocycles. The summed E-state index contributed by atoms with van der Waals surface area (Å²) in [6.07, 6.45) is 5.59. The van der Waals surface area contributed by atoms with Crippen LogP contribution in [0.1, 0.15) is 5.82 Å². The molecule has 1 fully saturated rings. The van der Waals surface area contributed by atoms with Gasteiger partial charge in [-0.25, -0.2) is 15.0 Å². The SMILES string of the molecule is Cc1nccn1CC1CN(c2ncnc3ccsc23)C1. The first-order valence-electron chi connectivity index (χ1n) is 6.72. The highest BCUT2D eigenvalue weighted by Gasteiger charge is 2.29. The van der Waals surface area contributed by atoms with Crippen LogP contribution in [0.25, 0.3) is 10.2 Å². The van der Waals surface area contributed by atoms with Crippen molar-refractivity contribution in [3.05, 3.63) is 36.0 Å². The summed E-state index contributed by atoms with van der Waals surface area (Å²) in [5.41, 5.74) is 1.05. The molecule has 0 bridgehead atoms. The number of anilines is 1. The molecule has 0 saturated carbocycles. The van der Waals surface area contributed by atoms with Crippen molar-refractivity contribution in [1.82, 2.24) is 19.5 Å². The molecule has 1 saturated heterocycles. The van der Waals surface area contributed by atoms with Gasteiger partial charge >= 0.3 is 0 Å². The fourth-order valence-corrected chi connectivity index (χ4v) is 3.60. The van der Waals surface area contributed by atoms with Crippen LogP contribution in [0.15, 0.2) is 30.2 Å². The largest absolute Gasteiger partial charge is 0.354 e. The first-order valence-corrected chi connectivity index (χ1v) is 7.60. The second-order valence-electron chi connectivity index (χ2n) is 5.23. The van der Waals surface area contributed by atoms with Crippen molar-refractivity contribution in [2.45, 2.75) is 13.5 Å². The summed E-state index contributed by atoms with van der Waals surface area (Å²) in [5.74, 6) is 2.85. The molecule has 4 rings (SSSR count). The van der Waals surface area contributed by atoms with Crippen LogP contribution in [0.3, 0.4) is 0 Å². The molecular weight excluding hydrogens is 270 g/mol. The van der Waals surface area contributed by atoms with Crippen LogP contribution in [0.2, 0.25) is 0 Å². The number of imidazole rings is 1. The lowest BCUT2D eigenvalue weighted by molar-refractivity contribution is 0.353. The molecule has 0 atom stereocenters. The Morgan fingerprint density at radius 2 is 2.20 bits per heavy atom. The Morgan fingerprint density at radius 3 is 3.00 bits per heavy atom. The van der Waals surface area contributed by atoms with Gasteiger partial charge in [-0.1, -0.05) is 0 Å². The molecule has 102 valence electrons. The van der Waals surface area contributed by atoms with E-state index in [9.17, 15) is 0 Å². The van der Waals surface area contributed by atoms with Crippen molar-refractivity contribution in [1.29, 1.82) is 0 Å². The minimum atomic E-state index is 0.674. The number of nitrogens with zero attached hydrogens (tertiary/aromatic N) is 5. The monoisotopic (exact) mass is 285 g/mol. The minimum absolute atomic E-state index is 0.674. The third-order valence-electron chi connectivity index (χ3n) is 3.86. The number of hydrogen-bond acceptors (Lipinski definition) is 5. The molecule has 0 aliphatic carbocycles. The molecule has 5 nitrogen and oxygen atoms in total.